The van der Waals surface area contributed by atoms with Gasteiger partial charge in [0, 0.05) is 5.39 Å². The monoisotopic (exact) mass is 372 g/mol. The summed E-state index contributed by atoms with van der Waals surface area (Å²) in [6.07, 6.45) is 3.69. The lowest BCUT2D eigenvalue weighted by Gasteiger charge is -2.24. The highest BCUT2D eigenvalue weighted by molar-refractivity contribution is 5.85. The first-order chi connectivity index (χ1) is 13.0. The summed E-state index contributed by atoms with van der Waals surface area (Å²) in [5, 5.41) is 1.29. The Labute approximate surface area is 166 Å². The van der Waals surface area contributed by atoms with Gasteiger partial charge in [0.25, 0.3) is 0 Å². The molecular formula is C24H40N2O. The van der Waals surface area contributed by atoms with E-state index >= 15 is 0 Å². The Morgan fingerprint density at radius 3 is 2.11 bits per heavy atom. The number of hydrogen-bond acceptors (Lipinski definition) is 3. The van der Waals surface area contributed by atoms with Gasteiger partial charge in [-0.25, -0.2) is 0 Å². The standard InChI is InChI=1S/C24H40N2O/c1-7-25(8-2)17-12-13-21(16-18-26(9-3)10-4)23-15-11-14-22-19(5)20(6)27-24(22)23/h11,14-15,21H,7-10,12-13,16-18H2,1-6H3. The molecule has 0 aliphatic rings. The van der Waals surface area contributed by atoms with Gasteiger partial charge in [0.05, 0.1) is 0 Å². The van der Waals surface area contributed by atoms with Crippen LogP contribution in [-0.4, -0.2) is 49.1 Å². The Balaban J connectivity index is 2.21. The van der Waals surface area contributed by atoms with Crippen LogP contribution in [0, 0.1) is 13.8 Å². The van der Waals surface area contributed by atoms with Gasteiger partial charge in [-0.15, -0.1) is 0 Å². The molecule has 1 heterocycles. The molecule has 0 aliphatic carbocycles. The van der Waals surface area contributed by atoms with E-state index in [4.69, 9.17) is 4.42 Å². The Morgan fingerprint density at radius 2 is 1.48 bits per heavy atom. The number of para-hydroxylation sites is 1. The van der Waals surface area contributed by atoms with Gasteiger partial charge in [-0.2, -0.15) is 0 Å². The van der Waals surface area contributed by atoms with Gasteiger partial charge < -0.3 is 14.2 Å². The van der Waals surface area contributed by atoms with E-state index in [-0.39, 0.29) is 0 Å². The highest BCUT2D eigenvalue weighted by Crippen LogP contribution is 2.35. The minimum absolute atomic E-state index is 0.565. The maximum absolute atomic E-state index is 6.22. The fourth-order valence-electron chi connectivity index (χ4n) is 4.14. The van der Waals surface area contributed by atoms with Crippen molar-refractivity contribution in [2.75, 3.05) is 39.3 Å². The van der Waals surface area contributed by atoms with Crippen LogP contribution in [0.5, 0.6) is 0 Å². The normalized spacial score (nSPS) is 13.2. The van der Waals surface area contributed by atoms with Crippen LogP contribution >= 0.6 is 0 Å². The molecule has 3 heteroatoms. The third-order valence-electron chi connectivity index (χ3n) is 6.28. The van der Waals surface area contributed by atoms with E-state index in [1.165, 1.54) is 42.3 Å². The van der Waals surface area contributed by atoms with Crippen LogP contribution < -0.4 is 0 Å². The molecule has 2 aromatic rings. The highest BCUT2D eigenvalue weighted by Gasteiger charge is 2.19. The number of hydrogen-bond donors (Lipinski definition) is 0. The van der Waals surface area contributed by atoms with Crippen molar-refractivity contribution in [1.29, 1.82) is 0 Å². The molecule has 3 nitrogen and oxygen atoms in total. The zero-order valence-electron chi connectivity index (χ0n) is 18.5. The number of rotatable bonds is 12. The van der Waals surface area contributed by atoms with Gasteiger partial charge in [-0.05, 0) is 89.4 Å². The fraction of sp³-hybridized carbons (Fsp3) is 0.667. The topological polar surface area (TPSA) is 19.6 Å². The van der Waals surface area contributed by atoms with Crippen LogP contribution in [0.15, 0.2) is 22.6 Å². The van der Waals surface area contributed by atoms with E-state index < -0.39 is 0 Å². The number of benzene rings is 1. The molecule has 0 spiro atoms. The van der Waals surface area contributed by atoms with Gasteiger partial charge in [-0.3, -0.25) is 0 Å². The second-order valence-corrected chi connectivity index (χ2v) is 7.69. The minimum Gasteiger partial charge on any atom is -0.461 e. The lowest BCUT2D eigenvalue weighted by molar-refractivity contribution is 0.273. The van der Waals surface area contributed by atoms with Crippen LogP contribution in [-0.2, 0) is 0 Å². The summed E-state index contributed by atoms with van der Waals surface area (Å²) in [6, 6.07) is 6.73. The maximum atomic E-state index is 6.22. The molecule has 0 bridgehead atoms. The van der Waals surface area contributed by atoms with Crippen molar-refractivity contribution in [3.63, 3.8) is 0 Å². The van der Waals surface area contributed by atoms with E-state index in [0.29, 0.717) is 5.92 Å². The number of fused-ring (bicyclic) bond motifs is 1. The van der Waals surface area contributed by atoms with Crippen molar-refractivity contribution in [2.45, 2.75) is 66.7 Å². The lowest BCUT2D eigenvalue weighted by Crippen LogP contribution is -2.26. The molecule has 0 aliphatic heterocycles. The summed E-state index contributed by atoms with van der Waals surface area (Å²) in [6.45, 7) is 20.2. The van der Waals surface area contributed by atoms with E-state index in [2.05, 4.69) is 69.5 Å². The average molecular weight is 373 g/mol. The average Bonchev–Trinajstić information content (AvgIpc) is 2.98. The first-order valence-electron chi connectivity index (χ1n) is 11.0. The summed E-state index contributed by atoms with van der Waals surface area (Å²) in [5.74, 6) is 1.62. The Kier molecular flexibility index (Phi) is 8.85. The molecule has 0 amide bonds. The van der Waals surface area contributed by atoms with Crippen LogP contribution in [0.2, 0.25) is 0 Å². The van der Waals surface area contributed by atoms with Gasteiger partial charge in [0.2, 0.25) is 0 Å². The molecule has 2 rings (SSSR count). The maximum Gasteiger partial charge on any atom is 0.138 e. The summed E-state index contributed by atoms with van der Waals surface area (Å²) in [7, 11) is 0. The molecule has 1 atom stereocenters. The second-order valence-electron chi connectivity index (χ2n) is 7.69. The molecule has 0 saturated carbocycles. The molecule has 0 radical (unpaired) electrons. The smallest absolute Gasteiger partial charge is 0.138 e. The van der Waals surface area contributed by atoms with Crippen molar-refractivity contribution < 1.29 is 4.42 Å². The number of nitrogens with zero attached hydrogens (tertiary/aromatic N) is 2. The Hall–Kier alpha value is -1.32. The largest absolute Gasteiger partial charge is 0.461 e. The highest BCUT2D eigenvalue weighted by atomic mass is 16.3. The first-order valence-corrected chi connectivity index (χ1v) is 11.0. The predicted octanol–water partition coefficient (Wildman–Crippen LogP) is 5.99. The van der Waals surface area contributed by atoms with E-state index in [9.17, 15) is 0 Å². The van der Waals surface area contributed by atoms with Crippen molar-refractivity contribution in [2.24, 2.45) is 0 Å². The Bertz CT molecular complexity index is 683. The van der Waals surface area contributed by atoms with Gasteiger partial charge >= 0.3 is 0 Å². The predicted molar refractivity (Wildman–Crippen MR) is 118 cm³/mol. The number of aryl methyl sites for hydroxylation is 2. The molecular weight excluding hydrogens is 332 g/mol. The van der Waals surface area contributed by atoms with Crippen LogP contribution in [0.25, 0.3) is 11.0 Å². The minimum atomic E-state index is 0.565. The van der Waals surface area contributed by atoms with Gasteiger partial charge in [-0.1, -0.05) is 45.9 Å². The molecule has 1 aromatic heterocycles. The van der Waals surface area contributed by atoms with Crippen molar-refractivity contribution in [3.8, 4) is 0 Å². The zero-order chi connectivity index (χ0) is 19.8. The molecule has 0 fully saturated rings. The summed E-state index contributed by atoms with van der Waals surface area (Å²) in [5.41, 5.74) is 3.83. The van der Waals surface area contributed by atoms with Gasteiger partial charge in [0.1, 0.15) is 11.3 Å². The van der Waals surface area contributed by atoms with Crippen molar-refractivity contribution in [1.82, 2.24) is 9.80 Å². The zero-order valence-corrected chi connectivity index (χ0v) is 18.5. The van der Waals surface area contributed by atoms with Crippen LogP contribution in [0.1, 0.15) is 69.8 Å². The lowest BCUT2D eigenvalue weighted by atomic mass is 9.89. The third kappa shape index (κ3) is 5.58. The van der Waals surface area contributed by atoms with E-state index in [0.717, 1.165) is 44.1 Å². The summed E-state index contributed by atoms with van der Waals surface area (Å²) >= 11 is 0. The molecule has 1 unspecified atom stereocenters. The van der Waals surface area contributed by atoms with Crippen molar-refractivity contribution >= 4 is 11.0 Å². The summed E-state index contributed by atoms with van der Waals surface area (Å²) < 4.78 is 6.22. The third-order valence-corrected chi connectivity index (χ3v) is 6.28. The SMILES string of the molecule is CCN(CC)CCCC(CCN(CC)CC)c1cccc2c(C)c(C)oc12. The first kappa shape index (κ1) is 22.0. The molecule has 1 aromatic carbocycles. The fourth-order valence-corrected chi connectivity index (χ4v) is 4.14. The van der Waals surface area contributed by atoms with Crippen molar-refractivity contribution in [3.05, 3.63) is 35.1 Å². The van der Waals surface area contributed by atoms with Crippen LogP contribution in [0.4, 0.5) is 0 Å². The Morgan fingerprint density at radius 1 is 0.852 bits per heavy atom. The quantitative estimate of drug-likeness (QED) is 0.456. The van der Waals surface area contributed by atoms with E-state index in [1.54, 1.807) is 0 Å². The second kappa shape index (κ2) is 10.9. The molecule has 152 valence electrons. The molecule has 0 N–H and O–H groups in total. The van der Waals surface area contributed by atoms with Crippen LogP contribution in [0.3, 0.4) is 0 Å². The summed E-state index contributed by atoms with van der Waals surface area (Å²) in [4.78, 5) is 5.07. The number of furan rings is 1. The van der Waals surface area contributed by atoms with Gasteiger partial charge in [0.15, 0.2) is 0 Å². The molecule has 0 saturated heterocycles. The van der Waals surface area contributed by atoms with E-state index in [1.807, 2.05) is 0 Å². The molecule has 27 heavy (non-hydrogen) atoms.